The summed E-state index contributed by atoms with van der Waals surface area (Å²) >= 11 is 2.90. The number of carbonyl (C=O) groups is 1. The Morgan fingerprint density at radius 2 is 1.67 bits per heavy atom. The van der Waals surface area contributed by atoms with Crippen LogP contribution in [-0.2, 0) is 6.54 Å². The van der Waals surface area contributed by atoms with Gasteiger partial charge in [-0.1, -0.05) is 41.7 Å². The lowest BCUT2D eigenvalue weighted by Gasteiger charge is -2.20. The Morgan fingerprint density at radius 3 is 2.27 bits per heavy atom. The van der Waals surface area contributed by atoms with Crippen molar-refractivity contribution in [1.29, 1.82) is 0 Å². The van der Waals surface area contributed by atoms with Crippen LogP contribution in [0, 0.1) is 20.2 Å². The van der Waals surface area contributed by atoms with Crippen LogP contribution < -0.4 is 4.90 Å². The van der Waals surface area contributed by atoms with Gasteiger partial charge in [0.25, 0.3) is 17.3 Å². The zero-order chi connectivity index (χ0) is 23.5. The molecule has 0 atom stereocenters. The van der Waals surface area contributed by atoms with Crippen LogP contribution in [0.3, 0.4) is 0 Å². The maximum Gasteiger partial charge on any atom is 0.277 e. The molecule has 1 amide bonds. The number of carbonyl (C=O) groups excluding carboxylic acids is 1. The first kappa shape index (κ1) is 22.4. The molecule has 1 aromatic heterocycles. The molecule has 0 aliphatic heterocycles. The van der Waals surface area contributed by atoms with Crippen LogP contribution >= 0.6 is 23.1 Å². The Morgan fingerprint density at radius 1 is 1.00 bits per heavy atom. The quantitative estimate of drug-likeness (QED) is 0.189. The number of nitrogens with zero attached hydrogens (tertiary/aromatic N) is 4. The minimum Gasteiger partial charge on any atom is -0.279 e. The molecule has 0 saturated heterocycles. The Balaban J connectivity index is 1.82. The fourth-order valence-electron chi connectivity index (χ4n) is 3.21. The monoisotopic (exact) mass is 480 g/mol. The number of nitro groups is 2. The molecule has 1 heterocycles. The van der Waals surface area contributed by atoms with Crippen molar-refractivity contribution in [2.24, 2.45) is 0 Å². The molecule has 9 nitrogen and oxygen atoms in total. The molecule has 3 aromatic carbocycles. The van der Waals surface area contributed by atoms with Crippen LogP contribution in [0.2, 0.25) is 0 Å². The van der Waals surface area contributed by atoms with E-state index in [-0.39, 0.29) is 12.1 Å². The summed E-state index contributed by atoms with van der Waals surface area (Å²) in [7, 11) is 0. The summed E-state index contributed by atoms with van der Waals surface area (Å²) in [6.07, 6.45) is 1.96. The first-order valence-electron chi connectivity index (χ1n) is 9.60. The van der Waals surface area contributed by atoms with Crippen LogP contribution in [0.5, 0.6) is 0 Å². The normalized spacial score (nSPS) is 10.8. The number of hydrogen-bond donors (Lipinski definition) is 0. The van der Waals surface area contributed by atoms with E-state index in [0.717, 1.165) is 33.4 Å². The Kier molecular flexibility index (Phi) is 6.33. The lowest BCUT2D eigenvalue weighted by Crippen LogP contribution is -2.30. The van der Waals surface area contributed by atoms with Gasteiger partial charge in [0.2, 0.25) is 0 Å². The summed E-state index contributed by atoms with van der Waals surface area (Å²) in [5, 5.41) is 23.0. The first-order valence-corrected chi connectivity index (χ1v) is 11.6. The van der Waals surface area contributed by atoms with E-state index >= 15 is 0 Å². The van der Waals surface area contributed by atoms with Crippen LogP contribution in [0.4, 0.5) is 16.5 Å². The van der Waals surface area contributed by atoms with Crippen molar-refractivity contribution in [2.45, 2.75) is 11.4 Å². The van der Waals surface area contributed by atoms with Crippen molar-refractivity contribution in [2.75, 3.05) is 11.2 Å². The minimum atomic E-state index is -0.757. The van der Waals surface area contributed by atoms with E-state index in [2.05, 4.69) is 4.98 Å². The second-order valence-electron chi connectivity index (χ2n) is 6.96. The number of anilines is 1. The number of amides is 1. The third-order valence-corrected chi connectivity index (χ3v) is 6.58. The molecule has 4 aromatic rings. The summed E-state index contributed by atoms with van der Waals surface area (Å²) in [6.45, 7) is 0.144. The molecule has 0 aliphatic carbocycles. The molecule has 4 rings (SSSR count). The average Bonchev–Trinajstić information content (AvgIpc) is 3.25. The highest BCUT2D eigenvalue weighted by Crippen LogP contribution is 2.34. The standard InChI is InChI=1S/C22H16N4O5S2/c1-32-18-7-8-19-20(12-18)33-22(23-19)24(13-14-5-3-2-4-6-14)21(27)15-9-16(25(28)29)11-17(10-15)26(30)31/h2-12H,13H2,1H3. The van der Waals surface area contributed by atoms with Crippen LogP contribution in [-0.4, -0.2) is 27.0 Å². The number of benzene rings is 3. The third kappa shape index (κ3) is 4.83. The van der Waals surface area contributed by atoms with Crippen LogP contribution in [0.1, 0.15) is 15.9 Å². The minimum absolute atomic E-state index is 0.144. The number of fused-ring (bicyclic) bond motifs is 1. The van der Waals surface area contributed by atoms with Crippen molar-refractivity contribution >= 4 is 55.7 Å². The van der Waals surface area contributed by atoms with Gasteiger partial charge >= 0.3 is 0 Å². The highest BCUT2D eigenvalue weighted by molar-refractivity contribution is 7.98. The van der Waals surface area contributed by atoms with E-state index in [4.69, 9.17) is 0 Å². The number of hydrogen-bond acceptors (Lipinski definition) is 8. The van der Waals surface area contributed by atoms with E-state index in [1.807, 2.05) is 54.8 Å². The largest absolute Gasteiger partial charge is 0.279 e. The fourth-order valence-corrected chi connectivity index (χ4v) is 4.73. The van der Waals surface area contributed by atoms with Gasteiger partial charge in [-0.05, 0) is 30.0 Å². The molecular weight excluding hydrogens is 464 g/mol. The van der Waals surface area contributed by atoms with Gasteiger partial charge in [0.05, 0.1) is 38.2 Å². The van der Waals surface area contributed by atoms with E-state index in [1.165, 1.54) is 16.2 Å². The Hall–Kier alpha value is -3.83. The third-order valence-electron chi connectivity index (χ3n) is 4.82. The van der Waals surface area contributed by atoms with E-state index in [1.54, 1.807) is 11.8 Å². The summed E-state index contributed by atoms with van der Waals surface area (Å²) in [6, 6.07) is 17.9. The first-order chi connectivity index (χ1) is 15.9. The molecule has 0 fully saturated rings. The molecule has 0 unspecified atom stereocenters. The fraction of sp³-hybridized carbons (Fsp3) is 0.0909. The van der Waals surface area contributed by atoms with Gasteiger partial charge in [-0.25, -0.2) is 4.98 Å². The molecule has 0 N–H and O–H groups in total. The van der Waals surface area contributed by atoms with Gasteiger partial charge in [0.1, 0.15) is 0 Å². The lowest BCUT2D eigenvalue weighted by atomic mass is 10.1. The predicted molar refractivity (Wildman–Crippen MR) is 128 cm³/mol. The number of thioether (sulfide) groups is 1. The van der Waals surface area contributed by atoms with Crippen LogP contribution in [0.25, 0.3) is 10.2 Å². The van der Waals surface area contributed by atoms with Gasteiger partial charge in [0, 0.05) is 17.0 Å². The van der Waals surface area contributed by atoms with Crippen molar-refractivity contribution in [3.05, 3.63) is 98.1 Å². The molecule has 33 heavy (non-hydrogen) atoms. The summed E-state index contributed by atoms with van der Waals surface area (Å²) in [5.74, 6) is -0.616. The molecule has 0 bridgehead atoms. The molecular formula is C22H16N4O5S2. The van der Waals surface area contributed by atoms with Gasteiger partial charge in [-0.3, -0.25) is 29.9 Å². The molecule has 166 valence electrons. The Labute approximate surface area is 196 Å². The van der Waals surface area contributed by atoms with Crippen LogP contribution in [0.15, 0.2) is 71.6 Å². The number of rotatable bonds is 7. The van der Waals surface area contributed by atoms with Gasteiger partial charge < -0.3 is 0 Å². The Bertz CT molecular complexity index is 1340. The predicted octanol–water partition coefficient (Wildman–Crippen LogP) is 5.68. The van der Waals surface area contributed by atoms with Gasteiger partial charge in [-0.2, -0.15) is 0 Å². The highest BCUT2D eigenvalue weighted by Gasteiger charge is 2.26. The van der Waals surface area contributed by atoms with Gasteiger partial charge in [0.15, 0.2) is 5.13 Å². The number of aromatic nitrogens is 1. The SMILES string of the molecule is CSc1ccc2nc(N(Cc3ccccc3)C(=O)c3cc([N+](=O)[O-])cc([N+](=O)[O-])c3)sc2c1. The highest BCUT2D eigenvalue weighted by atomic mass is 32.2. The summed E-state index contributed by atoms with van der Waals surface area (Å²) in [4.78, 5) is 41.7. The summed E-state index contributed by atoms with van der Waals surface area (Å²) in [5.41, 5.74) is 0.316. The summed E-state index contributed by atoms with van der Waals surface area (Å²) < 4.78 is 0.882. The lowest BCUT2D eigenvalue weighted by molar-refractivity contribution is -0.394. The van der Waals surface area contributed by atoms with E-state index in [0.29, 0.717) is 10.6 Å². The zero-order valence-electron chi connectivity index (χ0n) is 17.2. The van der Waals surface area contributed by atoms with Crippen molar-refractivity contribution in [3.63, 3.8) is 0 Å². The maximum absolute atomic E-state index is 13.5. The smallest absolute Gasteiger partial charge is 0.277 e. The average molecular weight is 481 g/mol. The number of thiazole rings is 1. The topological polar surface area (TPSA) is 119 Å². The number of nitro benzene ring substituents is 2. The van der Waals surface area contributed by atoms with Crippen molar-refractivity contribution in [3.8, 4) is 0 Å². The van der Waals surface area contributed by atoms with E-state index in [9.17, 15) is 25.0 Å². The molecule has 0 aliphatic rings. The second kappa shape index (κ2) is 9.35. The molecule has 0 spiro atoms. The van der Waals surface area contributed by atoms with Crippen molar-refractivity contribution < 1.29 is 14.6 Å². The maximum atomic E-state index is 13.5. The molecule has 11 heteroatoms. The van der Waals surface area contributed by atoms with Crippen molar-refractivity contribution in [1.82, 2.24) is 4.98 Å². The molecule has 0 saturated carbocycles. The number of non-ortho nitro benzene ring substituents is 2. The van der Waals surface area contributed by atoms with Gasteiger partial charge in [-0.15, -0.1) is 11.8 Å². The molecule has 0 radical (unpaired) electrons. The zero-order valence-corrected chi connectivity index (χ0v) is 18.8. The van der Waals surface area contributed by atoms with E-state index < -0.39 is 27.1 Å². The second-order valence-corrected chi connectivity index (χ2v) is 8.85.